The van der Waals surface area contributed by atoms with Gasteiger partial charge in [0, 0.05) is 29.8 Å². The van der Waals surface area contributed by atoms with E-state index in [1.165, 1.54) is 32.1 Å². The van der Waals surface area contributed by atoms with Crippen molar-refractivity contribution in [3.63, 3.8) is 0 Å². The molecule has 1 fully saturated rings. The quantitative estimate of drug-likeness (QED) is 0.604. The molecule has 0 radical (unpaired) electrons. The van der Waals surface area contributed by atoms with E-state index in [2.05, 4.69) is 26.7 Å². The molecule has 2 aromatic carbocycles. The number of aromatic nitrogens is 2. The van der Waals surface area contributed by atoms with E-state index in [0.29, 0.717) is 17.4 Å². The Kier molecular flexibility index (Phi) is 4.25. The number of rotatable bonds is 3. The first kappa shape index (κ1) is 17.0. The molecule has 2 heterocycles. The van der Waals surface area contributed by atoms with Crippen LogP contribution in [0, 0.1) is 5.82 Å². The second-order valence-electron chi connectivity index (χ2n) is 7.34. The molecule has 5 rings (SSSR count). The van der Waals surface area contributed by atoms with Gasteiger partial charge in [-0.15, -0.1) is 0 Å². The topological polar surface area (TPSA) is 56.2 Å². The summed E-state index contributed by atoms with van der Waals surface area (Å²) in [6.45, 7) is 0. The minimum atomic E-state index is -0.283. The molecule has 27 heavy (non-hydrogen) atoms. The first-order valence-corrected chi connectivity index (χ1v) is 10.4. The Bertz CT molecular complexity index is 1050. The zero-order chi connectivity index (χ0) is 18.4. The van der Waals surface area contributed by atoms with Crippen molar-refractivity contribution in [3.05, 3.63) is 42.0 Å². The van der Waals surface area contributed by atoms with Gasteiger partial charge in [0.05, 0.1) is 27.9 Å². The monoisotopic (exact) mass is 380 g/mol. The highest BCUT2D eigenvalue weighted by Crippen LogP contribution is 2.42. The third-order valence-electron chi connectivity index (χ3n) is 5.79. The van der Waals surface area contributed by atoms with E-state index < -0.39 is 0 Å². The predicted molar refractivity (Wildman–Crippen MR) is 109 cm³/mol. The molecule has 1 aromatic heterocycles. The van der Waals surface area contributed by atoms with Crippen LogP contribution in [0.5, 0.6) is 0 Å². The number of hydrogen-bond donors (Lipinski definition) is 1. The van der Waals surface area contributed by atoms with Gasteiger partial charge in [-0.05, 0) is 48.6 Å². The van der Waals surface area contributed by atoms with Gasteiger partial charge in [0.15, 0.2) is 0 Å². The molecule has 2 aliphatic rings. The number of benzene rings is 2. The zero-order valence-electron chi connectivity index (χ0n) is 15.0. The number of fused-ring (bicyclic) bond motifs is 2. The largest absolute Gasteiger partial charge is 0.327 e. The molecule has 1 aliphatic heterocycles. The summed E-state index contributed by atoms with van der Waals surface area (Å²) in [5.74, 6) is -0.283. The standard InChI is InChI=1S/C21H21FN4S/c22-17-11-16(20-15(8-9-24-20)21(17)27-23)13-6-7-19-18(10-13)25-12-26(19)14-4-2-1-3-5-14/h6-7,9-12,14H,1-5,8,23H2. The molecule has 0 atom stereocenters. The van der Waals surface area contributed by atoms with Crippen LogP contribution in [-0.4, -0.2) is 15.8 Å². The smallest absolute Gasteiger partial charge is 0.139 e. The van der Waals surface area contributed by atoms with Gasteiger partial charge in [-0.25, -0.2) is 9.37 Å². The molecule has 0 bridgehead atoms. The summed E-state index contributed by atoms with van der Waals surface area (Å²) >= 11 is 0.956. The number of imidazole rings is 1. The lowest BCUT2D eigenvalue weighted by atomic mass is 9.95. The average molecular weight is 380 g/mol. The van der Waals surface area contributed by atoms with Crippen molar-refractivity contribution in [3.8, 4) is 11.1 Å². The van der Waals surface area contributed by atoms with Crippen LogP contribution in [0.4, 0.5) is 10.1 Å². The van der Waals surface area contributed by atoms with Crippen LogP contribution in [0.25, 0.3) is 22.2 Å². The second-order valence-corrected chi connectivity index (χ2v) is 7.99. The van der Waals surface area contributed by atoms with Gasteiger partial charge >= 0.3 is 0 Å². The van der Waals surface area contributed by atoms with Gasteiger partial charge in [-0.2, -0.15) is 0 Å². The highest BCUT2D eigenvalue weighted by molar-refractivity contribution is 7.97. The molecular formula is C21H21FN4S. The van der Waals surface area contributed by atoms with E-state index in [9.17, 15) is 4.39 Å². The highest BCUT2D eigenvalue weighted by Gasteiger charge is 2.22. The number of halogens is 1. The van der Waals surface area contributed by atoms with E-state index in [-0.39, 0.29) is 5.82 Å². The number of nitrogens with zero attached hydrogens (tertiary/aromatic N) is 3. The summed E-state index contributed by atoms with van der Waals surface area (Å²) in [6, 6.07) is 8.31. The highest BCUT2D eigenvalue weighted by atomic mass is 32.2. The molecular weight excluding hydrogens is 359 g/mol. The maximum Gasteiger partial charge on any atom is 0.139 e. The van der Waals surface area contributed by atoms with Crippen LogP contribution in [0.1, 0.15) is 43.7 Å². The van der Waals surface area contributed by atoms with Crippen molar-refractivity contribution in [1.29, 1.82) is 0 Å². The molecule has 0 amide bonds. The summed E-state index contributed by atoms with van der Waals surface area (Å²) in [7, 11) is 0. The van der Waals surface area contributed by atoms with E-state index in [1.807, 2.05) is 18.6 Å². The summed E-state index contributed by atoms with van der Waals surface area (Å²) < 4.78 is 16.9. The van der Waals surface area contributed by atoms with Crippen LogP contribution < -0.4 is 5.14 Å². The Morgan fingerprint density at radius 1 is 1.15 bits per heavy atom. The van der Waals surface area contributed by atoms with Gasteiger partial charge in [0.25, 0.3) is 0 Å². The molecule has 1 saturated carbocycles. The SMILES string of the molecule is NSc1c(F)cc(-c2ccc3c(c2)ncn3C2CCCCC2)c2c1CC=N2. The lowest BCUT2D eigenvalue weighted by molar-refractivity contribution is 0.359. The minimum Gasteiger partial charge on any atom is -0.327 e. The summed E-state index contributed by atoms with van der Waals surface area (Å²) in [5.41, 5.74) is 5.56. The minimum absolute atomic E-state index is 0.283. The first-order valence-electron chi connectivity index (χ1n) is 9.48. The molecule has 0 spiro atoms. The van der Waals surface area contributed by atoms with Gasteiger partial charge < -0.3 is 4.57 Å². The lowest BCUT2D eigenvalue weighted by Crippen LogP contribution is -2.11. The molecule has 6 heteroatoms. The molecule has 2 N–H and O–H groups in total. The predicted octanol–water partition coefficient (Wildman–Crippen LogP) is 5.57. The number of hydrogen-bond acceptors (Lipinski definition) is 4. The Morgan fingerprint density at radius 3 is 2.81 bits per heavy atom. The maximum absolute atomic E-state index is 14.6. The van der Waals surface area contributed by atoms with Crippen molar-refractivity contribution in [1.82, 2.24) is 9.55 Å². The fourth-order valence-corrected chi connectivity index (χ4v) is 4.93. The molecule has 0 saturated heterocycles. The van der Waals surface area contributed by atoms with Crippen molar-refractivity contribution in [2.75, 3.05) is 0 Å². The summed E-state index contributed by atoms with van der Waals surface area (Å²) in [6.07, 6.45) is 10.8. The normalized spacial score (nSPS) is 17.0. The van der Waals surface area contributed by atoms with Crippen LogP contribution in [0.3, 0.4) is 0 Å². The fourth-order valence-electron chi connectivity index (χ4n) is 4.44. The Hall–Kier alpha value is -2.18. The Morgan fingerprint density at radius 2 is 2.00 bits per heavy atom. The molecule has 1 aliphatic carbocycles. The first-order chi connectivity index (χ1) is 13.3. The second kappa shape index (κ2) is 6.77. The third kappa shape index (κ3) is 2.78. The van der Waals surface area contributed by atoms with Gasteiger partial charge in [-0.3, -0.25) is 10.1 Å². The molecule has 0 unspecified atom stereocenters. The fraction of sp³-hybridized carbons (Fsp3) is 0.333. The summed E-state index contributed by atoms with van der Waals surface area (Å²) in [4.78, 5) is 9.63. The van der Waals surface area contributed by atoms with E-state index in [1.54, 1.807) is 6.07 Å². The summed E-state index contributed by atoms with van der Waals surface area (Å²) in [5, 5.41) is 5.67. The van der Waals surface area contributed by atoms with Crippen molar-refractivity contribution in [2.45, 2.75) is 49.5 Å². The van der Waals surface area contributed by atoms with Crippen LogP contribution in [0.15, 0.2) is 40.5 Å². The Labute approximate surface area is 161 Å². The molecule has 138 valence electrons. The van der Waals surface area contributed by atoms with Crippen LogP contribution in [-0.2, 0) is 6.42 Å². The third-order valence-corrected chi connectivity index (χ3v) is 6.47. The molecule has 4 nitrogen and oxygen atoms in total. The van der Waals surface area contributed by atoms with Crippen LogP contribution in [0.2, 0.25) is 0 Å². The zero-order valence-corrected chi connectivity index (χ0v) is 15.8. The number of aliphatic imine (C=N–C) groups is 1. The van der Waals surface area contributed by atoms with E-state index >= 15 is 0 Å². The Balaban J connectivity index is 1.60. The molecule has 3 aromatic rings. The van der Waals surface area contributed by atoms with Crippen molar-refractivity contribution >= 4 is 34.9 Å². The lowest BCUT2D eigenvalue weighted by Gasteiger charge is -2.23. The van der Waals surface area contributed by atoms with E-state index in [0.717, 1.165) is 45.4 Å². The van der Waals surface area contributed by atoms with Crippen LogP contribution >= 0.6 is 11.9 Å². The van der Waals surface area contributed by atoms with E-state index in [4.69, 9.17) is 5.14 Å². The van der Waals surface area contributed by atoms with Gasteiger partial charge in [-0.1, -0.05) is 25.3 Å². The van der Waals surface area contributed by atoms with Gasteiger partial charge in [0.2, 0.25) is 0 Å². The van der Waals surface area contributed by atoms with Crippen molar-refractivity contribution < 1.29 is 4.39 Å². The van der Waals surface area contributed by atoms with Gasteiger partial charge in [0.1, 0.15) is 5.82 Å². The maximum atomic E-state index is 14.6. The number of nitrogens with two attached hydrogens (primary N) is 1. The average Bonchev–Trinajstić information content (AvgIpc) is 3.35. The van der Waals surface area contributed by atoms with Crippen molar-refractivity contribution in [2.24, 2.45) is 10.1 Å².